The molecule has 1 saturated heterocycles. The van der Waals surface area contributed by atoms with Crippen LogP contribution in [0.15, 0.2) is 54.9 Å². The molecule has 1 aliphatic carbocycles. The van der Waals surface area contributed by atoms with Crippen LogP contribution >= 0.6 is 0 Å². The van der Waals surface area contributed by atoms with Crippen LogP contribution in [0.3, 0.4) is 0 Å². The van der Waals surface area contributed by atoms with Crippen LogP contribution in [0.4, 0.5) is 10.1 Å². The summed E-state index contributed by atoms with van der Waals surface area (Å²) in [6.45, 7) is 4.24. The molecule has 34 heavy (non-hydrogen) atoms. The lowest BCUT2D eigenvalue weighted by Crippen LogP contribution is -2.44. The van der Waals surface area contributed by atoms with E-state index in [2.05, 4.69) is 56.5 Å². The van der Waals surface area contributed by atoms with E-state index in [1.807, 2.05) is 30.1 Å². The summed E-state index contributed by atoms with van der Waals surface area (Å²) in [5.41, 5.74) is 6.67. The SMILES string of the molecule is CNC1CCc2c1ccc(F)c2-c1cc2c(cn1)cnn2-c1ccc(N2CCN(C)CC2)cc1. The number of fused-ring (bicyclic) bond motifs is 2. The van der Waals surface area contributed by atoms with E-state index in [-0.39, 0.29) is 11.9 Å². The Morgan fingerprint density at radius 1 is 0.971 bits per heavy atom. The lowest BCUT2D eigenvalue weighted by atomic mass is 9.98. The lowest BCUT2D eigenvalue weighted by molar-refractivity contribution is 0.313. The lowest BCUT2D eigenvalue weighted by Gasteiger charge is -2.34. The van der Waals surface area contributed by atoms with Crippen molar-refractivity contribution in [2.75, 3.05) is 45.2 Å². The van der Waals surface area contributed by atoms with E-state index in [9.17, 15) is 0 Å². The highest BCUT2D eigenvalue weighted by molar-refractivity contribution is 5.84. The minimum Gasteiger partial charge on any atom is -0.369 e. The van der Waals surface area contributed by atoms with Crippen molar-refractivity contribution in [2.45, 2.75) is 18.9 Å². The molecule has 1 aliphatic heterocycles. The molecule has 6 rings (SSSR count). The Kier molecular flexibility index (Phi) is 5.31. The molecule has 1 unspecified atom stereocenters. The van der Waals surface area contributed by atoms with Crippen LogP contribution in [0.5, 0.6) is 0 Å². The largest absolute Gasteiger partial charge is 0.369 e. The van der Waals surface area contributed by atoms with Gasteiger partial charge in [0.15, 0.2) is 0 Å². The molecule has 2 aliphatic rings. The Hall–Kier alpha value is -3.29. The number of hydrogen-bond acceptors (Lipinski definition) is 5. The van der Waals surface area contributed by atoms with Gasteiger partial charge in [0.05, 0.1) is 23.1 Å². The maximum absolute atomic E-state index is 15.1. The number of piperazine rings is 1. The Bertz CT molecular complexity index is 1340. The smallest absolute Gasteiger partial charge is 0.132 e. The van der Waals surface area contributed by atoms with Crippen LogP contribution in [-0.4, -0.2) is 59.9 Å². The van der Waals surface area contributed by atoms with Gasteiger partial charge < -0.3 is 15.1 Å². The highest BCUT2D eigenvalue weighted by Crippen LogP contribution is 2.39. The number of halogens is 1. The topological polar surface area (TPSA) is 49.2 Å². The molecule has 2 aromatic carbocycles. The number of benzene rings is 2. The summed E-state index contributed by atoms with van der Waals surface area (Å²) >= 11 is 0. The fourth-order valence-corrected chi connectivity index (χ4v) is 5.38. The van der Waals surface area contributed by atoms with E-state index < -0.39 is 0 Å². The third-order valence-corrected chi connectivity index (χ3v) is 7.38. The number of aromatic nitrogens is 3. The Morgan fingerprint density at radius 3 is 2.50 bits per heavy atom. The predicted molar refractivity (Wildman–Crippen MR) is 134 cm³/mol. The molecular weight excluding hydrogens is 427 g/mol. The zero-order chi connectivity index (χ0) is 23.2. The quantitative estimate of drug-likeness (QED) is 0.499. The van der Waals surface area contributed by atoms with Crippen molar-refractivity contribution >= 4 is 16.6 Å². The summed E-state index contributed by atoms with van der Waals surface area (Å²) in [6, 6.07) is 14.3. The normalized spacial score (nSPS) is 18.6. The van der Waals surface area contributed by atoms with E-state index in [1.165, 1.54) is 11.3 Å². The number of anilines is 1. The summed E-state index contributed by atoms with van der Waals surface area (Å²) in [5, 5.41) is 8.91. The summed E-state index contributed by atoms with van der Waals surface area (Å²) in [4.78, 5) is 9.41. The van der Waals surface area contributed by atoms with Crippen molar-refractivity contribution in [2.24, 2.45) is 0 Å². The highest BCUT2D eigenvalue weighted by Gasteiger charge is 2.27. The molecule has 1 N–H and O–H groups in total. The average Bonchev–Trinajstić information content (AvgIpc) is 3.48. The molecule has 0 amide bonds. The van der Waals surface area contributed by atoms with Crippen molar-refractivity contribution in [3.63, 3.8) is 0 Å². The Labute approximate surface area is 199 Å². The van der Waals surface area contributed by atoms with Gasteiger partial charge in [-0.2, -0.15) is 5.10 Å². The van der Waals surface area contributed by atoms with Gasteiger partial charge in [-0.25, -0.2) is 9.07 Å². The van der Waals surface area contributed by atoms with Gasteiger partial charge in [0.1, 0.15) is 5.82 Å². The minimum atomic E-state index is -0.218. The first kappa shape index (κ1) is 21.3. The van der Waals surface area contributed by atoms with Crippen LogP contribution in [-0.2, 0) is 6.42 Å². The van der Waals surface area contributed by atoms with Gasteiger partial charge in [0.2, 0.25) is 0 Å². The fraction of sp³-hybridized carbons (Fsp3) is 0.333. The first-order chi connectivity index (χ1) is 16.6. The molecule has 0 bridgehead atoms. The van der Waals surface area contributed by atoms with Crippen LogP contribution in [0.1, 0.15) is 23.6 Å². The van der Waals surface area contributed by atoms with Crippen molar-refractivity contribution in [1.29, 1.82) is 0 Å². The van der Waals surface area contributed by atoms with Gasteiger partial charge in [-0.3, -0.25) is 4.98 Å². The van der Waals surface area contributed by atoms with Crippen molar-refractivity contribution < 1.29 is 4.39 Å². The standard InChI is InChI=1S/C27H29FN6/c1-29-24-10-8-22-21(24)7-9-23(28)27(22)25-15-26-18(16-30-25)17-31-34(26)20-5-3-19(4-6-20)33-13-11-32(2)12-14-33/h3-7,9,15-17,24,29H,8,10-14H2,1-2H3. The van der Waals surface area contributed by atoms with E-state index in [0.29, 0.717) is 11.3 Å². The van der Waals surface area contributed by atoms with Crippen molar-refractivity contribution in [1.82, 2.24) is 25.0 Å². The van der Waals surface area contributed by atoms with Crippen LogP contribution in [0.2, 0.25) is 0 Å². The van der Waals surface area contributed by atoms with Gasteiger partial charge in [-0.1, -0.05) is 6.07 Å². The fourth-order valence-electron chi connectivity index (χ4n) is 5.38. The van der Waals surface area contributed by atoms with E-state index in [4.69, 9.17) is 0 Å². The third kappa shape index (κ3) is 3.56. The first-order valence-electron chi connectivity index (χ1n) is 12.0. The average molecular weight is 457 g/mol. The van der Waals surface area contributed by atoms with E-state index in [0.717, 1.165) is 61.2 Å². The van der Waals surface area contributed by atoms with Gasteiger partial charge in [0.25, 0.3) is 0 Å². The van der Waals surface area contributed by atoms with Gasteiger partial charge in [-0.15, -0.1) is 0 Å². The predicted octanol–water partition coefficient (Wildman–Crippen LogP) is 4.19. The number of nitrogens with zero attached hydrogens (tertiary/aromatic N) is 5. The molecule has 3 heterocycles. The van der Waals surface area contributed by atoms with Crippen LogP contribution in [0.25, 0.3) is 27.8 Å². The molecule has 0 spiro atoms. The molecule has 0 radical (unpaired) electrons. The number of pyridine rings is 1. The first-order valence-corrected chi connectivity index (χ1v) is 12.0. The number of nitrogens with one attached hydrogen (secondary N) is 1. The highest BCUT2D eigenvalue weighted by atomic mass is 19.1. The maximum atomic E-state index is 15.1. The monoisotopic (exact) mass is 456 g/mol. The molecular formula is C27H29FN6. The molecule has 7 heteroatoms. The van der Waals surface area contributed by atoms with Crippen LogP contribution < -0.4 is 10.2 Å². The second-order valence-corrected chi connectivity index (χ2v) is 9.36. The van der Waals surface area contributed by atoms with E-state index >= 15 is 4.39 Å². The molecule has 174 valence electrons. The molecule has 4 aromatic rings. The van der Waals surface area contributed by atoms with Crippen LogP contribution in [0, 0.1) is 5.82 Å². The molecule has 1 fully saturated rings. The van der Waals surface area contributed by atoms with Crippen molar-refractivity contribution in [3.05, 3.63) is 71.8 Å². The zero-order valence-corrected chi connectivity index (χ0v) is 19.6. The molecule has 2 aromatic heterocycles. The van der Waals surface area contributed by atoms with Crippen molar-refractivity contribution in [3.8, 4) is 16.9 Å². The summed E-state index contributed by atoms with van der Waals surface area (Å²) < 4.78 is 17.0. The molecule has 0 saturated carbocycles. The van der Waals surface area contributed by atoms with E-state index in [1.54, 1.807) is 12.3 Å². The number of hydrogen-bond donors (Lipinski definition) is 1. The zero-order valence-electron chi connectivity index (χ0n) is 19.6. The summed E-state index contributed by atoms with van der Waals surface area (Å²) in [7, 11) is 4.13. The third-order valence-electron chi connectivity index (χ3n) is 7.38. The number of likely N-dealkylation sites (N-methyl/N-ethyl adjacent to an activating group) is 1. The molecule has 6 nitrogen and oxygen atoms in total. The van der Waals surface area contributed by atoms with Gasteiger partial charge in [-0.05, 0) is 74.5 Å². The minimum absolute atomic E-state index is 0.218. The number of rotatable bonds is 4. The second-order valence-electron chi connectivity index (χ2n) is 9.36. The second kappa shape index (κ2) is 8.49. The van der Waals surface area contributed by atoms with Gasteiger partial charge >= 0.3 is 0 Å². The summed E-state index contributed by atoms with van der Waals surface area (Å²) in [5.74, 6) is -0.218. The maximum Gasteiger partial charge on any atom is 0.132 e. The summed E-state index contributed by atoms with van der Waals surface area (Å²) in [6.07, 6.45) is 5.45. The molecule has 1 atom stereocenters. The Morgan fingerprint density at radius 2 is 1.74 bits per heavy atom. The van der Waals surface area contributed by atoms with Gasteiger partial charge in [0, 0.05) is 55.1 Å². The Balaban J connectivity index is 1.37.